The first-order chi connectivity index (χ1) is 14.2. The van der Waals surface area contributed by atoms with Crippen molar-refractivity contribution in [3.63, 3.8) is 0 Å². The Morgan fingerprint density at radius 1 is 0.833 bits per heavy atom. The predicted molar refractivity (Wildman–Crippen MR) is 118 cm³/mol. The van der Waals surface area contributed by atoms with Crippen molar-refractivity contribution in [2.45, 2.75) is 77.4 Å². The minimum absolute atomic E-state index is 0.0408. The molecule has 0 aromatic heterocycles. The van der Waals surface area contributed by atoms with Gasteiger partial charge in [-0.05, 0) is 79.1 Å². The van der Waals surface area contributed by atoms with Crippen LogP contribution in [0.4, 0.5) is 0 Å². The Hall–Kier alpha value is -0.940. The summed E-state index contributed by atoms with van der Waals surface area (Å²) < 4.78 is 0. The van der Waals surface area contributed by atoms with Crippen LogP contribution in [0, 0.1) is 34.0 Å². The van der Waals surface area contributed by atoms with E-state index in [4.69, 9.17) is 0 Å². The fourth-order valence-electron chi connectivity index (χ4n) is 8.09. The Balaban J connectivity index is 1.72. The van der Waals surface area contributed by atoms with E-state index in [0.29, 0.717) is 6.42 Å². The summed E-state index contributed by atoms with van der Waals surface area (Å²) in [7, 11) is 0. The molecule has 0 saturated heterocycles. The summed E-state index contributed by atoms with van der Waals surface area (Å²) in [5.41, 5.74) is -0.422. The zero-order valence-corrected chi connectivity index (χ0v) is 18.8. The maximum absolute atomic E-state index is 12.0. The second kappa shape index (κ2) is 7.58. The topological polar surface area (TPSA) is 80.9 Å². The number of aliphatic hydroxyl groups excluding tert-OH is 3. The van der Waals surface area contributed by atoms with E-state index >= 15 is 0 Å². The monoisotopic (exact) mass is 416 g/mol. The summed E-state index contributed by atoms with van der Waals surface area (Å²) in [6, 6.07) is 10.1. The summed E-state index contributed by atoms with van der Waals surface area (Å²) in [5.74, 6) is 0.344. The smallest absolute Gasteiger partial charge is 0.0952 e. The normalized spacial score (nSPS) is 49.0. The van der Waals surface area contributed by atoms with Gasteiger partial charge in [-0.15, -0.1) is 0 Å². The van der Waals surface area contributed by atoms with Gasteiger partial charge in [0.05, 0.1) is 11.7 Å². The van der Waals surface area contributed by atoms with Gasteiger partial charge in [0.25, 0.3) is 0 Å². The highest BCUT2D eigenvalue weighted by Crippen LogP contribution is 2.71. The van der Waals surface area contributed by atoms with Crippen molar-refractivity contribution in [2.24, 2.45) is 34.0 Å². The van der Waals surface area contributed by atoms with Crippen LogP contribution in [-0.2, 0) is 5.60 Å². The number of fused-ring (bicyclic) bond motifs is 1. The number of hydrogen-bond donors (Lipinski definition) is 4. The molecule has 30 heavy (non-hydrogen) atoms. The lowest BCUT2D eigenvalue weighted by atomic mass is 9.41. The molecule has 0 spiro atoms. The largest absolute Gasteiger partial charge is 0.396 e. The molecule has 168 valence electrons. The third-order valence-electron chi connectivity index (χ3n) is 10.5. The van der Waals surface area contributed by atoms with Gasteiger partial charge in [0.1, 0.15) is 0 Å². The Labute approximate surface area is 181 Å². The molecule has 0 aliphatic heterocycles. The van der Waals surface area contributed by atoms with Crippen molar-refractivity contribution >= 4 is 0 Å². The average Bonchev–Trinajstić information content (AvgIpc) is 3.02. The van der Waals surface area contributed by atoms with Gasteiger partial charge in [0.2, 0.25) is 0 Å². The SMILES string of the molecule is C[C@]12CC[C@](C)([C@@]3(C)CC[C@H](O)C[C@@H]3CO)[C@@H](CO)[C@@H]1CC[C@@]2(O)c1ccccc1. The Bertz CT molecular complexity index is 753. The number of benzene rings is 1. The highest BCUT2D eigenvalue weighted by molar-refractivity contribution is 5.29. The molecule has 4 nitrogen and oxygen atoms in total. The van der Waals surface area contributed by atoms with Gasteiger partial charge in [-0.1, -0.05) is 51.1 Å². The lowest BCUT2D eigenvalue weighted by Gasteiger charge is -2.63. The van der Waals surface area contributed by atoms with Crippen molar-refractivity contribution in [3.05, 3.63) is 35.9 Å². The Morgan fingerprint density at radius 3 is 2.13 bits per heavy atom. The van der Waals surface area contributed by atoms with Crippen LogP contribution in [0.2, 0.25) is 0 Å². The summed E-state index contributed by atoms with van der Waals surface area (Å²) in [6.45, 7) is 7.02. The molecule has 0 bridgehead atoms. The lowest BCUT2D eigenvalue weighted by molar-refractivity contribution is -0.194. The molecule has 4 heteroatoms. The molecule has 3 aliphatic rings. The molecule has 3 saturated carbocycles. The van der Waals surface area contributed by atoms with Crippen molar-refractivity contribution in [2.75, 3.05) is 13.2 Å². The molecule has 3 fully saturated rings. The van der Waals surface area contributed by atoms with Crippen LogP contribution in [0.5, 0.6) is 0 Å². The van der Waals surface area contributed by atoms with E-state index in [1.54, 1.807) is 0 Å². The van der Waals surface area contributed by atoms with E-state index in [2.05, 4.69) is 20.8 Å². The van der Waals surface area contributed by atoms with E-state index in [-0.39, 0.29) is 53.3 Å². The molecular formula is C26H40O4. The molecule has 1 aromatic carbocycles. The van der Waals surface area contributed by atoms with Crippen LogP contribution in [0.25, 0.3) is 0 Å². The standard InChI is InChI=1S/C26H40O4/c1-23(11-9-20(29)15-19(23)16-27)24(2)13-14-25(3)21(22(24)17-28)10-12-26(25,30)18-7-5-4-6-8-18/h4-8,19-22,27-30H,9-17H2,1-3H3/t19-,20+,21+,22+,23+,24+,25+,26-/m1/s1. The number of rotatable bonds is 4. The maximum Gasteiger partial charge on any atom is 0.0952 e. The summed E-state index contributed by atoms with van der Waals surface area (Å²) in [6.07, 6.45) is 5.39. The van der Waals surface area contributed by atoms with Crippen molar-refractivity contribution in [1.82, 2.24) is 0 Å². The lowest BCUT2D eigenvalue weighted by Crippen LogP contribution is -2.60. The Morgan fingerprint density at radius 2 is 1.50 bits per heavy atom. The van der Waals surface area contributed by atoms with Crippen LogP contribution in [0.1, 0.15) is 71.3 Å². The second-order valence-electron chi connectivity index (χ2n) is 11.2. The van der Waals surface area contributed by atoms with Crippen LogP contribution in [0.15, 0.2) is 30.3 Å². The first-order valence-electron chi connectivity index (χ1n) is 11.8. The molecule has 0 amide bonds. The zero-order chi connectivity index (χ0) is 21.8. The minimum Gasteiger partial charge on any atom is -0.396 e. The van der Waals surface area contributed by atoms with E-state index in [9.17, 15) is 20.4 Å². The first-order valence-corrected chi connectivity index (χ1v) is 11.8. The molecule has 4 N–H and O–H groups in total. The van der Waals surface area contributed by atoms with Gasteiger partial charge in [0.15, 0.2) is 0 Å². The summed E-state index contributed by atoms with van der Waals surface area (Å²) in [5, 5.41) is 43.1. The van der Waals surface area contributed by atoms with Crippen LogP contribution in [-0.4, -0.2) is 39.7 Å². The van der Waals surface area contributed by atoms with Crippen molar-refractivity contribution in [1.29, 1.82) is 0 Å². The minimum atomic E-state index is -0.867. The third kappa shape index (κ3) is 2.87. The third-order valence-corrected chi connectivity index (χ3v) is 10.5. The van der Waals surface area contributed by atoms with Crippen molar-refractivity contribution < 1.29 is 20.4 Å². The van der Waals surface area contributed by atoms with Gasteiger partial charge >= 0.3 is 0 Å². The second-order valence-corrected chi connectivity index (χ2v) is 11.2. The van der Waals surface area contributed by atoms with E-state index < -0.39 is 5.60 Å². The highest BCUT2D eigenvalue weighted by Gasteiger charge is 2.67. The number of aliphatic hydroxyl groups is 4. The van der Waals surface area contributed by atoms with Crippen LogP contribution >= 0.6 is 0 Å². The van der Waals surface area contributed by atoms with Crippen molar-refractivity contribution in [3.8, 4) is 0 Å². The highest BCUT2D eigenvalue weighted by atomic mass is 16.3. The fourth-order valence-corrected chi connectivity index (χ4v) is 8.09. The quantitative estimate of drug-likeness (QED) is 0.601. The number of hydrogen-bond acceptors (Lipinski definition) is 4. The van der Waals surface area contributed by atoms with E-state index in [1.165, 1.54) is 0 Å². The molecule has 0 unspecified atom stereocenters. The maximum atomic E-state index is 12.0. The molecule has 4 rings (SSSR count). The van der Waals surface area contributed by atoms with Gasteiger partial charge in [-0.2, -0.15) is 0 Å². The fraction of sp³-hybridized carbons (Fsp3) is 0.769. The summed E-state index contributed by atoms with van der Waals surface area (Å²) >= 11 is 0. The van der Waals surface area contributed by atoms with Crippen LogP contribution in [0.3, 0.4) is 0 Å². The predicted octanol–water partition coefficient (Wildman–Crippen LogP) is 3.86. The molecule has 3 aliphatic carbocycles. The van der Waals surface area contributed by atoms with Gasteiger partial charge in [-0.25, -0.2) is 0 Å². The molecule has 1 aromatic rings. The van der Waals surface area contributed by atoms with Gasteiger partial charge < -0.3 is 20.4 Å². The van der Waals surface area contributed by atoms with Gasteiger partial charge in [-0.3, -0.25) is 0 Å². The summed E-state index contributed by atoms with van der Waals surface area (Å²) in [4.78, 5) is 0. The Kier molecular flexibility index (Phi) is 5.63. The molecule has 0 heterocycles. The van der Waals surface area contributed by atoms with Crippen LogP contribution < -0.4 is 0 Å². The zero-order valence-electron chi connectivity index (χ0n) is 18.8. The van der Waals surface area contributed by atoms with E-state index in [0.717, 1.165) is 44.1 Å². The molecule has 0 radical (unpaired) electrons. The molecule has 8 atom stereocenters. The average molecular weight is 417 g/mol. The van der Waals surface area contributed by atoms with E-state index in [1.807, 2.05) is 30.3 Å². The first kappa shape index (κ1) is 22.3. The molecular weight excluding hydrogens is 376 g/mol. The van der Waals surface area contributed by atoms with Gasteiger partial charge in [0, 0.05) is 18.6 Å².